The maximum Gasteiger partial charge on any atom is 0.0991 e. The summed E-state index contributed by atoms with van der Waals surface area (Å²) in [5.74, 6) is 0. The maximum atomic E-state index is 8.76. The van der Waals surface area contributed by atoms with Crippen LogP contribution in [0.3, 0.4) is 0 Å². The Morgan fingerprint density at radius 1 is 1.21 bits per heavy atom. The molecule has 0 fully saturated rings. The van der Waals surface area contributed by atoms with Gasteiger partial charge in [0.2, 0.25) is 0 Å². The molecule has 0 aliphatic carbocycles. The zero-order chi connectivity index (χ0) is 9.97. The highest BCUT2D eigenvalue weighted by molar-refractivity contribution is 9.08. The molecule has 2 rings (SSSR count). The molecule has 0 saturated heterocycles. The van der Waals surface area contributed by atoms with Gasteiger partial charge in [-0.25, -0.2) is 0 Å². The second-order valence-corrected chi connectivity index (χ2v) is 3.66. The monoisotopic (exact) mass is 245 g/mol. The van der Waals surface area contributed by atoms with Gasteiger partial charge in [0.05, 0.1) is 11.6 Å². The summed E-state index contributed by atoms with van der Waals surface area (Å²) in [7, 11) is 0. The Morgan fingerprint density at radius 2 is 2.07 bits per heavy atom. The Bertz CT molecular complexity index is 511. The molecule has 0 radical (unpaired) electrons. The third-order valence-electron chi connectivity index (χ3n) is 2.24. The Kier molecular flexibility index (Phi) is 2.51. The van der Waals surface area contributed by atoms with Gasteiger partial charge in [-0.2, -0.15) is 5.26 Å². The van der Waals surface area contributed by atoms with E-state index < -0.39 is 0 Å². The van der Waals surface area contributed by atoms with Gasteiger partial charge in [0.15, 0.2) is 0 Å². The van der Waals surface area contributed by atoms with Gasteiger partial charge in [-0.15, -0.1) is 0 Å². The average Bonchev–Trinajstić information content (AvgIpc) is 2.27. The van der Waals surface area contributed by atoms with Gasteiger partial charge < -0.3 is 0 Å². The Hall–Kier alpha value is -1.33. The topological polar surface area (TPSA) is 23.8 Å². The van der Waals surface area contributed by atoms with Crippen LogP contribution < -0.4 is 0 Å². The average molecular weight is 246 g/mol. The van der Waals surface area contributed by atoms with E-state index in [4.69, 9.17) is 5.26 Å². The lowest BCUT2D eigenvalue weighted by Crippen LogP contribution is -1.82. The zero-order valence-electron chi connectivity index (χ0n) is 7.50. The molecule has 0 aliphatic rings. The molecule has 0 amide bonds. The number of alkyl halides is 1. The molecule has 2 heteroatoms. The van der Waals surface area contributed by atoms with Crippen LogP contribution in [0.25, 0.3) is 10.8 Å². The van der Waals surface area contributed by atoms with Crippen molar-refractivity contribution in [1.29, 1.82) is 5.26 Å². The van der Waals surface area contributed by atoms with Crippen molar-refractivity contribution >= 4 is 26.7 Å². The molecular formula is C12H8BrN. The lowest BCUT2D eigenvalue weighted by atomic mass is 10.0. The van der Waals surface area contributed by atoms with E-state index in [1.807, 2.05) is 30.3 Å². The summed E-state index contributed by atoms with van der Waals surface area (Å²) in [6.07, 6.45) is 0. The van der Waals surface area contributed by atoms with Crippen molar-refractivity contribution < 1.29 is 0 Å². The minimum Gasteiger partial charge on any atom is -0.192 e. The van der Waals surface area contributed by atoms with Gasteiger partial charge in [-0.1, -0.05) is 40.2 Å². The molecule has 1 nitrogen and oxygen atoms in total. The highest BCUT2D eigenvalue weighted by atomic mass is 79.9. The number of fused-ring (bicyclic) bond motifs is 1. The summed E-state index contributed by atoms with van der Waals surface area (Å²) >= 11 is 3.45. The molecule has 68 valence electrons. The van der Waals surface area contributed by atoms with Crippen LogP contribution in [0.15, 0.2) is 36.4 Å². The zero-order valence-corrected chi connectivity index (χ0v) is 9.08. The molecule has 0 aliphatic heterocycles. The molecule has 0 heterocycles. The van der Waals surface area contributed by atoms with Crippen molar-refractivity contribution in [3.8, 4) is 6.07 Å². The van der Waals surface area contributed by atoms with E-state index in [9.17, 15) is 0 Å². The first-order chi connectivity index (χ1) is 6.85. The summed E-state index contributed by atoms with van der Waals surface area (Å²) in [5, 5.41) is 11.9. The number of nitrogens with zero attached hydrogens (tertiary/aromatic N) is 1. The fraction of sp³-hybridized carbons (Fsp3) is 0.0833. The lowest BCUT2D eigenvalue weighted by Gasteiger charge is -2.02. The maximum absolute atomic E-state index is 8.76. The second kappa shape index (κ2) is 3.81. The molecule has 0 unspecified atom stereocenters. The number of benzene rings is 2. The van der Waals surface area contributed by atoms with E-state index in [0.717, 1.165) is 10.7 Å². The van der Waals surface area contributed by atoms with Gasteiger partial charge in [0.25, 0.3) is 0 Å². The highest BCUT2D eigenvalue weighted by Crippen LogP contribution is 2.21. The summed E-state index contributed by atoms with van der Waals surface area (Å²) < 4.78 is 0. The van der Waals surface area contributed by atoms with Crippen molar-refractivity contribution in [2.45, 2.75) is 5.33 Å². The normalized spacial score (nSPS) is 10.0. The van der Waals surface area contributed by atoms with Crippen molar-refractivity contribution in [3.63, 3.8) is 0 Å². The van der Waals surface area contributed by atoms with E-state index in [1.54, 1.807) is 0 Å². The van der Waals surface area contributed by atoms with Gasteiger partial charge >= 0.3 is 0 Å². The Balaban J connectivity index is 2.75. The third-order valence-corrected chi connectivity index (χ3v) is 2.85. The molecule has 2 aromatic rings. The molecule has 0 atom stereocenters. The fourth-order valence-electron chi connectivity index (χ4n) is 1.54. The van der Waals surface area contributed by atoms with Crippen LogP contribution in [-0.2, 0) is 5.33 Å². The predicted octanol–water partition coefficient (Wildman–Crippen LogP) is 3.61. The minimum atomic E-state index is 0.712. The SMILES string of the molecule is N#Cc1ccc2c(CBr)cccc2c1. The summed E-state index contributed by atoms with van der Waals surface area (Å²) in [6.45, 7) is 0. The first-order valence-electron chi connectivity index (χ1n) is 4.33. The minimum absolute atomic E-state index is 0.712. The van der Waals surface area contributed by atoms with Crippen LogP contribution in [-0.4, -0.2) is 0 Å². The molecular weight excluding hydrogens is 238 g/mol. The van der Waals surface area contributed by atoms with Crippen LogP contribution in [0.1, 0.15) is 11.1 Å². The van der Waals surface area contributed by atoms with Crippen LogP contribution in [0.5, 0.6) is 0 Å². The largest absolute Gasteiger partial charge is 0.192 e. The number of hydrogen-bond donors (Lipinski definition) is 0. The lowest BCUT2D eigenvalue weighted by molar-refractivity contribution is 1.47. The number of hydrogen-bond acceptors (Lipinski definition) is 1. The standard InChI is InChI=1S/C12H8BrN/c13-7-11-3-1-2-10-6-9(8-14)4-5-12(10)11/h1-6H,7H2. The molecule has 0 spiro atoms. The van der Waals surface area contributed by atoms with Gasteiger partial charge in [0, 0.05) is 5.33 Å². The molecule has 0 saturated carbocycles. The molecule has 2 aromatic carbocycles. The van der Waals surface area contributed by atoms with Gasteiger partial charge in [-0.05, 0) is 28.5 Å². The third kappa shape index (κ3) is 1.51. The molecule has 0 N–H and O–H groups in total. The molecule has 14 heavy (non-hydrogen) atoms. The van der Waals surface area contributed by atoms with Crippen LogP contribution >= 0.6 is 15.9 Å². The smallest absolute Gasteiger partial charge is 0.0991 e. The van der Waals surface area contributed by atoms with Gasteiger partial charge in [-0.3, -0.25) is 0 Å². The fourth-order valence-corrected chi connectivity index (χ4v) is 2.03. The van der Waals surface area contributed by atoms with Crippen LogP contribution in [0.2, 0.25) is 0 Å². The first kappa shape index (κ1) is 9.23. The van der Waals surface area contributed by atoms with Crippen LogP contribution in [0.4, 0.5) is 0 Å². The number of rotatable bonds is 1. The highest BCUT2D eigenvalue weighted by Gasteiger charge is 1.99. The van der Waals surface area contributed by atoms with Crippen molar-refractivity contribution in [2.75, 3.05) is 0 Å². The summed E-state index contributed by atoms with van der Waals surface area (Å²) in [6, 6.07) is 14.1. The summed E-state index contributed by atoms with van der Waals surface area (Å²) in [5.41, 5.74) is 1.97. The van der Waals surface area contributed by atoms with E-state index in [-0.39, 0.29) is 0 Å². The van der Waals surface area contributed by atoms with Crippen molar-refractivity contribution in [2.24, 2.45) is 0 Å². The number of halogens is 1. The van der Waals surface area contributed by atoms with Crippen molar-refractivity contribution in [1.82, 2.24) is 0 Å². The van der Waals surface area contributed by atoms with E-state index in [2.05, 4.69) is 28.1 Å². The van der Waals surface area contributed by atoms with Gasteiger partial charge in [0.1, 0.15) is 0 Å². The predicted molar refractivity (Wildman–Crippen MR) is 61.3 cm³/mol. The first-order valence-corrected chi connectivity index (χ1v) is 5.45. The Labute approximate surface area is 91.1 Å². The van der Waals surface area contributed by atoms with Crippen molar-refractivity contribution in [3.05, 3.63) is 47.5 Å². The van der Waals surface area contributed by atoms with E-state index in [1.165, 1.54) is 10.9 Å². The molecule has 0 aromatic heterocycles. The molecule has 0 bridgehead atoms. The van der Waals surface area contributed by atoms with Crippen LogP contribution in [0, 0.1) is 11.3 Å². The quantitative estimate of drug-likeness (QED) is 0.705. The summed E-state index contributed by atoms with van der Waals surface area (Å²) in [4.78, 5) is 0. The Morgan fingerprint density at radius 3 is 2.79 bits per heavy atom. The second-order valence-electron chi connectivity index (χ2n) is 3.10. The van der Waals surface area contributed by atoms with E-state index in [0.29, 0.717) is 5.56 Å². The number of nitriles is 1. The van der Waals surface area contributed by atoms with E-state index >= 15 is 0 Å².